The first-order valence-corrected chi connectivity index (χ1v) is 13.0. The van der Waals surface area contributed by atoms with Gasteiger partial charge in [0.2, 0.25) is 0 Å². The third kappa shape index (κ3) is 6.44. The molecule has 0 saturated carbocycles. The third-order valence-corrected chi connectivity index (χ3v) is 7.13. The third-order valence-electron chi connectivity index (χ3n) is 6.59. The second-order valence-electron chi connectivity index (χ2n) is 9.27. The molecular weight excluding hydrogens is 516 g/mol. The second-order valence-corrected chi connectivity index (χ2v) is 10.1. The number of piperazine rings is 1. The van der Waals surface area contributed by atoms with Gasteiger partial charge in [-0.15, -0.1) is 0 Å². The maximum absolute atomic E-state index is 14.2. The van der Waals surface area contributed by atoms with Crippen molar-refractivity contribution < 1.29 is 13.9 Å². The lowest BCUT2D eigenvalue weighted by molar-refractivity contribution is 0.0724. The van der Waals surface area contributed by atoms with Crippen molar-refractivity contribution in [3.8, 4) is 5.69 Å². The first-order valence-electron chi connectivity index (χ1n) is 12.3. The Balaban J connectivity index is 1.75. The number of rotatable bonds is 9. The van der Waals surface area contributed by atoms with Crippen LogP contribution in [-0.4, -0.2) is 79.0 Å². The Labute approximate surface area is 227 Å². The minimum atomic E-state index is -0.328. The van der Waals surface area contributed by atoms with Gasteiger partial charge in [0.1, 0.15) is 11.6 Å². The van der Waals surface area contributed by atoms with Crippen LogP contribution >= 0.6 is 23.2 Å². The van der Waals surface area contributed by atoms with Gasteiger partial charge in [-0.05, 0) is 56.8 Å². The molecule has 0 radical (unpaired) electrons. The smallest absolute Gasteiger partial charge is 0.255 e. The number of carbonyl (C=O) groups excluding carboxylic acids is 1. The van der Waals surface area contributed by atoms with E-state index in [9.17, 15) is 9.18 Å². The maximum atomic E-state index is 14.2. The van der Waals surface area contributed by atoms with E-state index < -0.39 is 0 Å². The van der Waals surface area contributed by atoms with Crippen molar-refractivity contribution >= 4 is 34.9 Å². The highest BCUT2D eigenvalue weighted by molar-refractivity contribution is 6.36. The van der Waals surface area contributed by atoms with E-state index in [0.717, 1.165) is 43.3 Å². The standard InChI is InChI=1S/C27H32Cl2FN5O2/c1-19-24(18-34(10-5-15-37-3)27(36)23-9-8-20(28)16-25(23)29)26(33-13-11-32(2)12-14-33)35(31-19)22-7-4-6-21(30)17-22/h4,6-9,16-17H,5,10-15,18H2,1-3H3. The van der Waals surface area contributed by atoms with Gasteiger partial charge in [-0.2, -0.15) is 5.10 Å². The fourth-order valence-corrected chi connectivity index (χ4v) is 5.03. The highest BCUT2D eigenvalue weighted by atomic mass is 35.5. The molecule has 1 saturated heterocycles. The average Bonchev–Trinajstić information content (AvgIpc) is 3.19. The molecule has 37 heavy (non-hydrogen) atoms. The molecule has 1 aromatic heterocycles. The number of anilines is 1. The summed E-state index contributed by atoms with van der Waals surface area (Å²) in [6.07, 6.45) is 0.661. The number of aryl methyl sites for hydroxylation is 1. The first-order chi connectivity index (χ1) is 17.8. The van der Waals surface area contributed by atoms with Gasteiger partial charge in [-0.25, -0.2) is 9.07 Å². The zero-order valence-corrected chi connectivity index (χ0v) is 22.9. The van der Waals surface area contributed by atoms with Crippen molar-refractivity contribution in [2.24, 2.45) is 0 Å². The summed E-state index contributed by atoms with van der Waals surface area (Å²) in [5, 5.41) is 5.59. The summed E-state index contributed by atoms with van der Waals surface area (Å²) in [5.74, 6) is 0.355. The van der Waals surface area contributed by atoms with Crippen molar-refractivity contribution in [1.29, 1.82) is 0 Å². The van der Waals surface area contributed by atoms with Crippen LogP contribution in [0.3, 0.4) is 0 Å². The molecule has 0 bridgehead atoms. The molecule has 1 fully saturated rings. The SMILES string of the molecule is COCCCN(Cc1c(C)nn(-c2cccc(F)c2)c1N1CCN(C)CC1)C(=O)c1ccc(Cl)cc1Cl. The molecule has 10 heteroatoms. The Hall–Kier alpha value is -2.65. The fraction of sp³-hybridized carbons (Fsp3) is 0.407. The fourth-order valence-electron chi connectivity index (χ4n) is 4.54. The quantitative estimate of drug-likeness (QED) is 0.350. The Kier molecular flexibility index (Phi) is 9.08. The lowest BCUT2D eigenvalue weighted by Crippen LogP contribution is -2.45. The number of amides is 1. The number of hydrogen-bond acceptors (Lipinski definition) is 5. The van der Waals surface area contributed by atoms with E-state index in [1.54, 1.807) is 41.0 Å². The monoisotopic (exact) mass is 547 g/mol. The minimum absolute atomic E-state index is 0.194. The van der Waals surface area contributed by atoms with Gasteiger partial charge in [0.25, 0.3) is 5.91 Å². The van der Waals surface area contributed by atoms with Crippen molar-refractivity contribution in [2.75, 3.05) is 58.4 Å². The van der Waals surface area contributed by atoms with Crippen molar-refractivity contribution in [1.82, 2.24) is 19.6 Å². The number of ether oxygens (including phenoxy) is 1. The minimum Gasteiger partial charge on any atom is -0.385 e. The van der Waals surface area contributed by atoms with Crippen LogP contribution in [0.1, 0.15) is 28.0 Å². The molecule has 198 valence electrons. The molecule has 1 aliphatic heterocycles. The molecule has 7 nitrogen and oxygen atoms in total. The zero-order valence-electron chi connectivity index (χ0n) is 21.4. The van der Waals surface area contributed by atoms with Crippen LogP contribution in [0, 0.1) is 12.7 Å². The summed E-state index contributed by atoms with van der Waals surface area (Å²) in [6.45, 7) is 6.62. The molecular formula is C27H32Cl2FN5O2. The van der Waals surface area contributed by atoms with Crippen LogP contribution in [0.2, 0.25) is 10.0 Å². The van der Waals surface area contributed by atoms with E-state index in [-0.39, 0.29) is 11.7 Å². The summed E-state index contributed by atoms with van der Waals surface area (Å²) in [4.78, 5) is 20.0. The molecule has 0 unspecified atom stereocenters. The number of carbonyl (C=O) groups is 1. The summed E-state index contributed by atoms with van der Waals surface area (Å²) in [6, 6.07) is 11.3. The number of aromatic nitrogens is 2. The van der Waals surface area contributed by atoms with Crippen molar-refractivity contribution in [3.05, 3.63) is 75.1 Å². The average molecular weight is 548 g/mol. The number of methoxy groups -OCH3 is 1. The van der Waals surface area contributed by atoms with E-state index in [0.29, 0.717) is 47.4 Å². The second kappa shape index (κ2) is 12.3. The molecule has 4 rings (SSSR count). The summed E-state index contributed by atoms with van der Waals surface area (Å²) in [7, 11) is 3.74. The normalized spacial score (nSPS) is 14.3. The van der Waals surface area contributed by atoms with Gasteiger partial charge in [0, 0.05) is 57.0 Å². The van der Waals surface area contributed by atoms with Crippen LogP contribution in [0.5, 0.6) is 0 Å². The molecule has 1 amide bonds. The van der Waals surface area contributed by atoms with Crippen LogP contribution in [0.25, 0.3) is 5.69 Å². The molecule has 0 spiro atoms. The van der Waals surface area contributed by atoms with Crippen LogP contribution < -0.4 is 4.90 Å². The Morgan fingerprint density at radius 1 is 1.14 bits per heavy atom. The molecule has 0 atom stereocenters. The van der Waals surface area contributed by atoms with Crippen LogP contribution in [0.4, 0.5) is 10.2 Å². The van der Waals surface area contributed by atoms with E-state index in [4.69, 9.17) is 33.0 Å². The largest absolute Gasteiger partial charge is 0.385 e. The van der Waals surface area contributed by atoms with Gasteiger partial charge in [-0.1, -0.05) is 29.3 Å². The highest BCUT2D eigenvalue weighted by Crippen LogP contribution is 2.31. The van der Waals surface area contributed by atoms with E-state index >= 15 is 0 Å². The van der Waals surface area contributed by atoms with E-state index in [1.165, 1.54) is 12.1 Å². The summed E-state index contributed by atoms with van der Waals surface area (Å²) in [5.41, 5.74) is 2.73. The van der Waals surface area contributed by atoms with Crippen molar-refractivity contribution in [3.63, 3.8) is 0 Å². The van der Waals surface area contributed by atoms with Crippen LogP contribution in [-0.2, 0) is 11.3 Å². The number of benzene rings is 2. The molecule has 0 N–H and O–H groups in total. The molecule has 2 aromatic carbocycles. The first kappa shape index (κ1) is 27.4. The number of halogens is 3. The molecule has 2 heterocycles. The number of hydrogen-bond donors (Lipinski definition) is 0. The zero-order chi connectivity index (χ0) is 26.5. The number of likely N-dealkylation sites (N-methyl/N-ethyl adjacent to an activating group) is 1. The predicted molar refractivity (Wildman–Crippen MR) is 146 cm³/mol. The van der Waals surface area contributed by atoms with Gasteiger partial charge >= 0.3 is 0 Å². The maximum Gasteiger partial charge on any atom is 0.255 e. The lowest BCUT2D eigenvalue weighted by atomic mass is 10.1. The topological polar surface area (TPSA) is 53.8 Å². The Morgan fingerprint density at radius 2 is 1.89 bits per heavy atom. The molecule has 1 aliphatic rings. The molecule has 0 aliphatic carbocycles. The number of nitrogens with zero attached hydrogens (tertiary/aromatic N) is 5. The Morgan fingerprint density at radius 3 is 2.57 bits per heavy atom. The van der Waals surface area contributed by atoms with Gasteiger partial charge in [0.15, 0.2) is 0 Å². The van der Waals surface area contributed by atoms with E-state index in [2.05, 4.69) is 16.8 Å². The van der Waals surface area contributed by atoms with Crippen LogP contribution in [0.15, 0.2) is 42.5 Å². The highest BCUT2D eigenvalue weighted by Gasteiger charge is 2.28. The van der Waals surface area contributed by atoms with Gasteiger partial charge in [-0.3, -0.25) is 4.79 Å². The summed E-state index contributed by atoms with van der Waals surface area (Å²) >= 11 is 12.5. The van der Waals surface area contributed by atoms with E-state index in [1.807, 2.05) is 13.0 Å². The van der Waals surface area contributed by atoms with Crippen molar-refractivity contribution in [2.45, 2.75) is 19.9 Å². The predicted octanol–water partition coefficient (Wildman–Crippen LogP) is 5.06. The van der Waals surface area contributed by atoms with Gasteiger partial charge < -0.3 is 19.4 Å². The summed E-state index contributed by atoms with van der Waals surface area (Å²) < 4.78 is 21.2. The Bertz CT molecular complexity index is 1240. The molecule has 3 aromatic rings. The lowest BCUT2D eigenvalue weighted by Gasteiger charge is -2.35. The van der Waals surface area contributed by atoms with Gasteiger partial charge in [0.05, 0.1) is 28.5 Å².